The maximum absolute atomic E-state index is 14.4. The average Bonchev–Trinajstić information content (AvgIpc) is 3.80. The lowest BCUT2D eigenvalue weighted by atomic mass is 9.78. The number of Topliss-reactive ketones (excluding diaryl/α,β-unsaturated/α-hetero) is 1. The number of cyclic esters (lactones) is 1. The quantitative estimate of drug-likeness (QED) is 0.0514. The topological polar surface area (TPSA) is 254 Å². The zero-order valence-electron chi connectivity index (χ0n) is 36.4. The second kappa shape index (κ2) is 20.1. The minimum absolute atomic E-state index is 0.0584. The summed E-state index contributed by atoms with van der Waals surface area (Å²) in [4.78, 5) is 48.0. The van der Waals surface area contributed by atoms with Gasteiger partial charge < -0.3 is 51.3 Å². The van der Waals surface area contributed by atoms with E-state index in [1.807, 2.05) is 51.2 Å². The molecule has 1 aromatic heterocycles. The summed E-state index contributed by atoms with van der Waals surface area (Å²) in [5.41, 5.74) is 17.6. The van der Waals surface area contributed by atoms with E-state index >= 15 is 0 Å². The van der Waals surface area contributed by atoms with Crippen molar-refractivity contribution in [2.45, 2.75) is 147 Å². The summed E-state index contributed by atoms with van der Waals surface area (Å²) in [6.07, 6.45) is 0.145. The molecule has 5 rings (SSSR count). The van der Waals surface area contributed by atoms with Gasteiger partial charge in [-0.3, -0.25) is 24.2 Å². The molecule has 0 bridgehead atoms. The molecule has 60 heavy (non-hydrogen) atoms. The van der Waals surface area contributed by atoms with Crippen molar-refractivity contribution in [2.75, 3.05) is 32.5 Å². The van der Waals surface area contributed by atoms with Crippen LogP contribution < -0.4 is 22.5 Å². The normalized spacial score (nSPS) is 36.1. The first-order valence-electron chi connectivity index (χ1n) is 21.2. The van der Waals surface area contributed by atoms with Crippen molar-refractivity contribution >= 4 is 29.9 Å². The Morgan fingerprint density at radius 2 is 1.87 bits per heavy atom. The summed E-state index contributed by atoms with van der Waals surface area (Å²) in [7, 11) is 1.54. The molecule has 18 nitrogen and oxygen atoms in total. The number of anilines is 1. The number of ether oxygens (including phenoxy) is 5. The van der Waals surface area contributed by atoms with Crippen LogP contribution in [0.3, 0.4) is 0 Å². The lowest BCUT2D eigenvalue weighted by Gasteiger charge is -2.45. The maximum Gasteiger partial charge on any atom is 0.410 e. The molecule has 0 aliphatic carbocycles. The number of nitrogens with zero attached hydrogens (tertiary/aromatic N) is 5. The largest absolute Gasteiger partial charge is 0.458 e. The van der Waals surface area contributed by atoms with E-state index in [0.717, 1.165) is 11.3 Å². The molecule has 13 atom stereocenters. The molecule has 18 heteroatoms. The number of benzene rings is 1. The van der Waals surface area contributed by atoms with Gasteiger partial charge in [-0.1, -0.05) is 38.1 Å². The zero-order valence-corrected chi connectivity index (χ0v) is 36.4. The van der Waals surface area contributed by atoms with E-state index in [4.69, 9.17) is 40.9 Å². The molecular weight excluding hydrogens is 775 g/mol. The van der Waals surface area contributed by atoms with Gasteiger partial charge in [-0.2, -0.15) is 0 Å². The van der Waals surface area contributed by atoms with Crippen LogP contribution in [0, 0.1) is 17.8 Å². The molecule has 4 heterocycles. The number of methoxy groups -OCH3 is 1. The summed E-state index contributed by atoms with van der Waals surface area (Å²) in [5, 5.41) is 23.4. The Morgan fingerprint density at radius 3 is 2.55 bits per heavy atom. The number of hydrogen-bond acceptors (Lipinski definition) is 15. The standard InChI is InChI=1S/C42H67N9O9/c1-9-33-42(7)36(51(40(55)60-42)16-11-10-15-50-22-32(48-49-50)28-13-12-14-29(44)17-28)27(5)47-20-24(2)19-41(6,56-8)37(25(3)34(52)26(4)38(54)58-33)59-39-35(53)31(45)18-30(57-39)21-46-23-43/h12-14,17,22-27,30-31,33,35-37,39,47,53H,9-11,15-16,18-21,44-45H2,1-8H3,(H2,43,46)/t24-,25+,26-,27-,30+,31?,33-,35?,36-,37-,39+,41-,42-/m1/s1. The van der Waals surface area contributed by atoms with Gasteiger partial charge >= 0.3 is 12.1 Å². The first kappa shape index (κ1) is 46.9. The molecule has 2 aromatic rings. The fraction of sp³-hybridized carbons (Fsp3) is 0.714. The summed E-state index contributed by atoms with van der Waals surface area (Å²) >= 11 is 0. The third kappa shape index (κ3) is 10.5. The molecule has 0 radical (unpaired) electrons. The van der Waals surface area contributed by atoms with Crippen LogP contribution in [0.4, 0.5) is 10.5 Å². The smallest absolute Gasteiger partial charge is 0.410 e. The van der Waals surface area contributed by atoms with Gasteiger partial charge in [0.2, 0.25) is 0 Å². The van der Waals surface area contributed by atoms with E-state index in [1.54, 1.807) is 30.5 Å². The van der Waals surface area contributed by atoms with Gasteiger partial charge in [0.1, 0.15) is 23.8 Å². The van der Waals surface area contributed by atoms with Crippen molar-refractivity contribution in [1.29, 1.82) is 0 Å². The van der Waals surface area contributed by atoms with Crippen molar-refractivity contribution in [3.05, 3.63) is 30.5 Å². The highest BCUT2D eigenvalue weighted by Gasteiger charge is 2.58. The van der Waals surface area contributed by atoms with Gasteiger partial charge in [0.15, 0.2) is 17.7 Å². The lowest BCUT2D eigenvalue weighted by molar-refractivity contribution is -0.289. The Bertz CT molecular complexity index is 1800. The Morgan fingerprint density at radius 1 is 1.13 bits per heavy atom. The van der Waals surface area contributed by atoms with Crippen LogP contribution in [0.2, 0.25) is 0 Å². The number of nitrogens with one attached hydrogen (secondary N) is 1. The van der Waals surface area contributed by atoms with Crippen molar-refractivity contribution in [2.24, 2.45) is 34.2 Å². The molecule has 0 spiro atoms. The molecule has 1 aromatic carbocycles. The third-order valence-electron chi connectivity index (χ3n) is 12.5. The van der Waals surface area contributed by atoms with Gasteiger partial charge in [0.05, 0.1) is 42.9 Å². The highest BCUT2D eigenvalue weighted by Crippen LogP contribution is 2.40. The zero-order chi connectivity index (χ0) is 43.9. The average molecular weight is 842 g/mol. The number of rotatable bonds is 12. The van der Waals surface area contributed by atoms with Gasteiger partial charge in [-0.15, -0.1) is 5.10 Å². The minimum atomic E-state index is -1.26. The van der Waals surface area contributed by atoms with Crippen LogP contribution in [0.15, 0.2) is 35.5 Å². The predicted octanol–water partition coefficient (Wildman–Crippen LogP) is 2.65. The van der Waals surface area contributed by atoms with Crippen LogP contribution in [0.5, 0.6) is 0 Å². The van der Waals surface area contributed by atoms with Crippen LogP contribution in [-0.2, 0) is 39.8 Å². The number of ketones is 1. The Balaban J connectivity index is 1.37. The van der Waals surface area contributed by atoms with Crippen LogP contribution in [0.25, 0.3) is 11.3 Å². The number of carbonyl (C=O) groups is 3. The van der Waals surface area contributed by atoms with Crippen LogP contribution in [0.1, 0.15) is 80.6 Å². The number of fused-ring (bicyclic) bond motifs is 1. The predicted molar refractivity (Wildman–Crippen MR) is 224 cm³/mol. The van der Waals surface area contributed by atoms with E-state index < -0.39 is 83.7 Å². The highest BCUT2D eigenvalue weighted by atomic mass is 16.7. The number of aromatic nitrogens is 3. The number of aliphatic hydroxyl groups is 1. The molecule has 3 saturated heterocycles. The first-order chi connectivity index (χ1) is 28.5. The number of unbranched alkanes of at least 4 members (excludes halogenated alkanes) is 1. The summed E-state index contributed by atoms with van der Waals surface area (Å²) in [5.74, 6) is -3.42. The third-order valence-corrected chi connectivity index (χ3v) is 12.5. The van der Waals surface area contributed by atoms with Crippen LogP contribution in [-0.4, -0.2) is 136 Å². The minimum Gasteiger partial charge on any atom is -0.458 e. The van der Waals surface area contributed by atoms with Crippen molar-refractivity contribution < 1.29 is 43.2 Å². The molecule has 1 amide bonds. The monoisotopic (exact) mass is 842 g/mol. The molecule has 334 valence electrons. The lowest BCUT2D eigenvalue weighted by Crippen LogP contribution is -2.61. The van der Waals surface area contributed by atoms with Gasteiger partial charge in [0.25, 0.3) is 0 Å². The molecule has 3 aliphatic rings. The Labute approximate surface area is 353 Å². The van der Waals surface area contributed by atoms with Gasteiger partial charge in [-0.05, 0) is 84.4 Å². The number of aryl methyl sites for hydroxylation is 1. The second-order valence-corrected chi connectivity index (χ2v) is 17.2. The number of carbonyl (C=O) groups excluding carboxylic acids is 3. The fourth-order valence-corrected chi connectivity index (χ4v) is 9.18. The SMILES string of the molecule is CC[C@H]1OC(=O)[C@H](C)C(=O)[C@H](C)[C@@H](O[C@@H]2O[C@H](CN=CN)CC(N)C2O)[C@](C)(OC)C[C@@H](C)CN[C@H](C)[C@H]2N(CCCCn3cc(-c4cccc(N)c4)nn3)C(=O)O[C@]12C. The Hall–Kier alpha value is -4.20. The number of amides is 1. The molecule has 0 saturated carbocycles. The van der Waals surface area contributed by atoms with E-state index in [1.165, 1.54) is 13.3 Å². The number of aliphatic imine (C=N–C) groups is 1. The first-order valence-corrected chi connectivity index (χ1v) is 21.2. The number of aliphatic hydroxyl groups excluding tert-OH is 1. The molecule has 3 aliphatic heterocycles. The second-order valence-electron chi connectivity index (χ2n) is 17.2. The molecule has 2 unspecified atom stereocenters. The molecule has 8 N–H and O–H groups in total. The summed E-state index contributed by atoms with van der Waals surface area (Å²) < 4.78 is 33.1. The van der Waals surface area contributed by atoms with E-state index in [9.17, 15) is 19.5 Å². The number of esters is 1. The van der Waals surface area contributed by atoms with Gasteiger partial charge in [0, 0.05) is 49.5 Å². The molecule has 3 fully saturated rings. The summed E-state index contributed by atoms with van der Waals surface area (Å²) in [6.45, 7) is 14.4. The molecular formula is C42H67N9O9. The highest BCUT2D eigenvalue weighted by molar-refractivity contribution is 6.00. The van der Waals surface area contributed by atoms with E-state index in [2.05, 4.69) is 27.5 Å². The van der Waals surface area contributed by atoms with E-state index in [-0.39, 0.29) is 18.5 Å². The maximum atomic E-state index is 14.4. The van der Waals surface area contributed by atoms with Crippen molar-refractivity contribution in [1.82, 2.24) is 25.2 Å². The number of nitrogens with two attached hydrogens (primary N) is 3. The summed E-state index contributed by atoms with van der Waals surface area (Å²) in [6, 6.07) is 5.92. The van der Waals surface area contributed by atoms with E-state index in [0.29, 0.717) is 57.4 Å². The fourth-order valence-electron chi connectivity index (χ4n) is 9.18. The number of nitrogen functional groups attached to an aromatic ring is 1. The van der Waals surface area contributed by atoms with Gasteiger partial charge in [-0.25, -0.2) is 4.79 Å². The van der Waals surface area contributed by atoms with Crippen molar-refractivity contribution in [3.8, 4) is 11.3 Å². The van der Waals surface area contributed by atoms with Crippen LogP contribution >= 0.6 is 0 Å². The van der Waals surface area contributed by atoms with Crippen molar-refractivity contribution in [3.63, 3.8) is 0 Å². The Kier molecular flexibility index (Phi) is 15.7. The number of hydrogen-bond donors (Lipinski definition) is 5.